The Hall–Kier alpha value is -2.04. The molecule has 1 aromatic rings. The first-order valence-electron chi connectivity index (χ1n) is 6.18. The van der Waals surface area contributed by atoms with Gasteiger partial charge in [-0.3, -0.25) is 4.90 Å². The van der Waals surface area contributed by atoms with Crippen LogP contribution in [-0.2, 0) is 4.79 Å². The molecule has 0 aliphatic carbocycles. The third-order valence-electron chi connectivity index (χ3n) is 2.92. The van der Waals surface area contributed by atoms with Crippen molar-refractivity contribution in [1.29, 1.82) is 0 Å². The van der Waals surface area contributed by atoms with Crippen LogP contribution in [0, 0.1) is 6.92 Å². The highest BCUT2D eigenvalue weighted by Gasteiger charge is 2.31. The number of urea groups is 1. The van der Waals surface area contributed by atoms with Gasteiger partial charge in [0.15, 0.2) is 0 Å². The van der Waals surface area contributed by atoms with Crippen molar-refractivity contribution in [3.05, 3.63) is 29.8 Å². The number of aryl methyl sites for hydroxylation is 1. The second-order valence-electron chi connectivity index (χ2n) is 4.89. The van der Waals surface area contributed by atoms with Crippen LogP contribution in [0.3, 0.4) is 0 Å². The average Bonchev–Trinajstić information content (AvgIpc) is 2.31. The largest absolute Gasteiger partial charge is 0.480 e. The van der Waals surface area contributed by atoms with Gasteiger partial charge in [0.1, 0.15) is 5.54 Å². The molecular formula is C14H20N2O3. The summed E-state index contributed by atoms with van der Waals surface area (Å²) in [5, 5.41) is 11.6. The number of rotatable bonds is 4. The zero-order chi connectivity index (χ0) is 14.6. The summed E-state index contributed by atoms with van der Waals surface area (Å²) in [7, 11) is 0. The number of hydrogen-bond donors (Lipinski definition) is 2. The van der Waals surface area contributed by atoms with Crippen molar-refractivity contribution in [3.63, 3.8) is 0 Å². The number of carboxylic acids is 1. The minimum absolute atomic E-state index is 0.413. The maximum absolute atomic E-state index is 12.2. The summed E-state index contributed by atoms with van der Waals surface area (Å²) in [6.45, 7) is 7.14. The van der Waals surface area contributed by atoms with Gasteiger partial charge in [0.05, 0.1) is 0 Å². The van der Waals surface area contributed by atoms with E-state index in [1.807, 2.05) is 38.1 Å². The second kappa shape index (κ2) is 5.73. The Bertz CT molecular complexity index is 483. The molecule has 1 aromatic carbocycles. The normalized spacial score (nSPS) is 10.9. The second-order valence-corrected chi connectivity index (χ2v) is 4.89. The minimum Gasteiger partial charge on any atom is -0.480 e. The molecule has 0 saturated carbocycles. The fraction of sp³-hybridized carbons (Fsp3) is 0.429. The summed E-state index contributed by atoms with van der Waals surface area (Å²) >= 11 is 0. The number of amides is 2. The van der Waals surface area contributed by atoms with E-state index < -0.39 is 17.5 Å². The Labute approximate surface area is 113 Å². The molecule has 0 radical (unpaired) electrons. The molecule has 0 aliphatic rings. The summed E-state index contributed by atoms with van der Waals surface area (Å²) in [6.07, 6.45) is 0. The summed E-state index contributed by atoms with van der Waals surface area (Å²) in [4.78, 5) is 24.8. The minimum atomic E-state index is -1.30. The van der Waals surface area contributed by atoms with Crippen molar-refractivity contribution in [2.75, 3.05) is 11.4 Å². The first-order chi connectivity index (χ1) is 8.79. The van der Waals surface area contributed by atoms with Crippen LogP contribution in [0.2, 0.25) is 0 Å². The first kappa shape index (κ1) is 15.0. The van der Waals surface area contributed by atoms with Gasteiger partial charge in [0.25, 0.3) is 0 Å². The maximum Gasteiger partial charge on any atom is 0.328 e. The van der Waals surface area contributed by atoms with E-state index in [-0.39, 0.29) is 0 Å². The smallest absolute Gasteiger partial charge is 0.328 e. The molecule has 0 saturated heterocycles. The predicted molar refractivity (Wildman–Crippen MR) is 74.4 cm³/mol. The molecule has 0 atom stereocenters. The van der Waals surface area contributed by atoms with Crippen LogP contribution in [0.15, 0.2) is 24.3 Å². The Morgan fingerprint density at radius 3 is 2.37 bits per heavy atom. The molecular weight excluding hydrogens is 244 g/mol. The van der Waals surface area contributed by atoms with Gasteiger partial charge in [-0.1, -0.05) is 18.2 Å². The number of aliphatic carboxylic acids is 1. The molecule has 5 nitrogen and oxygen atoms in total. The van der Waals surface area contributed by atoms with Crippen LogP contribution in [-0.4, -0.2) is 29.2 Å². The Morgan fingerprint density at radius 2 is 1.89 bits per heavy atom. The molecule has 2 N–H and O–H groups in total. The number of hydrogen-bond acceptors (Lipinski definition) is 2. The zero-order valence-electron chi connectivity index (χ0n) is 11.7. The number of para-hydroxylation sites is 1. The number of carbonyl (C=O) groups is 2. The standard InChI is InChI=1S/C14H20N2O3/c1-5-16(11-9-7-6-8-10(11)2)13(19)15-14(3,4)12(17)18/h6-9H,5H2,1-4H3,(H,15,19)(H,17,18). The van der Waals surface area contributed by atoms with Crippen LogP contribution < -0.4 is 10.2 Å². The van der Waals surface area contributed by atoms with Crippen LogP contribution >= 0.6 is 0 Å². The molecule has 2 amide bonds. The van der Waals surface area contributed by atoms with Gasteiger partial charge in [-0.15, -0.1) is 0 Å². The summed E-state index contributed by atoms with van der Waals surface area (Å²) < 4.78 is 0. The van der Waals surface area contributed by atoms with Crippen molar-refractivity contribution in [2.24, 2.45) is 0 Å². The molecule has 104 valence electrons. The van der Waals surface area contributed by atoms with Gasteiger partial charge in [0, 0.05) is 12.2 Å². The lowest BCUT2D eigenvalue weighted by atomic mass is 10.1. The number of carbonyl (C=O) groups excluding carboxylic acids is 1. The van der Waals surface area contributed by atoms with Crippen molar-refractivity contribution < 1.29 is 14.7 Å². The van der Waals surface area contributed by atoms with Crippen LogP contribution in [0.4, 0.5) is 10.5 Å². The van der Waals surface area contributed by atoms with Crippen LogP contribution in [0.5, 0.6) is 0 Å². The van der Waals surface area contributed by atoms with E-state index in [4.69, 9.17) is 5.11 Å². The lowest BCUT2D eigenvalue weighted by Gasteiger charge is -2.28. The number of nitrogens with one attached hydrogen (secondary N) is 1. The number of carboxylic acid groups (broad SMARTS) is 1. The Morgan fingerprint density at radius 1 is 1.32 bits per heavy atom. The average molecular weight is 264 g/mol. The van der Waals surface area contributed by atoms with E-state index in [1.54, 1.807) is 0 Å². The summed E-state index contributed by atoms with van der Waals surface area (Å²) in [5.41, 5.74) is 0.448. The summed E-state index contributed by atoms with van der Waals surface area (Å²) in [5.74, 6) is -1.07. The van der Waals surface area contributed by atoms with Gasteiger partial charge in [-0.05, 0) is 39.3 Å². The topological polar surface area (TPSA) is 69.6 Å². The maximum atomic E-state index is 12.2. The van der Waals surface area contributed by atoms with Crippen LogP contribution in [0.25, 0.3) is 0 Å². The zero-order valence-corrected chi connectivity index (χ0v) is 11.7. The van der Waals surface area contributed by atoms with E-state index in [9.17, 15) is 9.59 Å². The van der Waals surface area contributed by atoms with Gasteiger partial charge in [0.2, 0.25) is 0 Å². The summed E-state index contributed by atoms with van der Waals surface area (Å²) in [6, 6.07) is 7.08. The third-order valence-corrected chi connectivity index (χ3v) is 2.92. The van der Waals surface area contributed by atoms with Crippen molar-refractivity contribution in [2.45, 2.75) is 33.2 Å². The van der Waals surface area contributed by atoms with Gasteiger partial charge in [-0.25, -0.2) is 9.59 Å². The molecule has 0 heterocycles. The lowest BCUT2D eigenvalue weighted by molar-refractivity contribution is -0.142. The number of nitrogens with zero attached hydrogens (tertiary/aromatic N) is 1. The molecule has 0 bridgehead atoms. The number of anilines is 1. The fourth-order valence-corrected chi connectivity index (χ4v) is 1.68. The van der Waals surface area contributed by atoms with Gasteiger partial charge >= 0.3 is 12.0 Å². The monoisotopic (exact) mass is 264 g/mol. The molecule has 1 rings (SSSR count). The lowest BCUT2D eigenvalue weighted by Crippen LogP contribution is -2.54. The Balaban J connectivity index is 2.96. The number of benzene rings is 1. The van der Waals surface area contributed by atoms with E-state index in [2.05, 4.69) is 5.32 Å². The van der Waals surface area contributed by atoms with E-state index in [0.29, 0.717) is 6.54 Å². The predicted octanol–water partition coefficient (Wildman–Crippen LogP) is 2.39. The van der Waals surface area contributed by atoms with E-state index in [1.165, 1.54) is 18.7 Å². The first-order valence-corrected chi connectivity index (χ1v) is 6.18. The van der Waals surface area contributed by atoms with Crippen molar-refractivity contribution >= 4 is 17.7 Å². The highest BCUT2D eigenvalue weighted by Crippen LogP contribution is 2.19. The fourth-order valence-electron chi connectivity index (χ4n) is 1.68. The van der Waals surface area contributed by atoms with Crippen molar-refractivity contribution in [1.82, 2.24) is 5.32 Å². The van der Waals surface area contributed by atoms with Crippen molar-refractivity contribution in [3.8, 4) is 0 Å². The quantitative estimate of drug-likeness (QED) is 0.877. The molecule has 19 heavy (non-hydrogen) atoms. The van der Waals surface area contributed by atoms with E-state index >= 15 is 0 Å². The van der Waals surface area contributed by atoms with Gasteiger partial charge in [-0.2, -0.15) is 0 Å². The SMILES string of the molecule is CCN(C(=O)NC(C)(C)C(=O)O)c1ccccc1C. The molecule has 0 spiro atoms. The third kappa shape index (κ3) is 3.47. The molecule has 0 fully saturated rings. The highest BCUT2D eigenvalue weighted by molar-refractivity contribution is 5.96. The highest BCUT2D eigenvalue weighted by atomic mass is 16.4. The Kier molecular flexibility index (Phi) is 4.53. The van der Waals surface area contributed by atoms with E-state index in [0.717, 1.165) is 11.3 Å². The molecule has 0 unspecified atom stereocenters. The molecule has 5 heteroatoms. The molecule has 0 aliphatic heterocycles. The molecule has 0 aromatic heterocycles. The van der Waals surface area contributed by atoms with Crippen LogP contribution in [0.1, 0.15) is 26.3 Å². The van der Waals surface area contributed by atoms with Gasteiger partial charge < -0.3 is 10.4 Å².